The highest BCUT2D eigenvalue weighted by atomic mass is 16.6. The number of likely N-dealkylation sites (tertiary alicyclic amines) is 1. The van der Waals surface area contributed by atoms with Gasteiger partial charge in [0.2, 0.25) is 0 Å². The van der Waals surface area contributed by atoms with Crippen LogP contribution in [0.2, 0.25) is 0 Å². The van der Waals surface area contributed by atoms with Gasteiger partial charge >= 0.3 is 5.97 Å². The molecule has 5 nitrogen and oxygen atoms in total. The number of rotatable bonds is 4. The van der Waals surface area contributed by atoms with E-state index in [0.29, 0.717) is 18.8 Å². The fourth-order valence-electron chi connectivity index (χ4n) is 3.72. The number of benzene rings is 2. The van der Waals surface area contributed by atoms with Gasteiger partial charge in [0.25, 0.3) is 0 Å². The lowest BCUT2D eigenvalue weighted by molar-refractivity contribution is 0.0695. The smallest absolute Gasteiger partial charge is 0.335 e. The molecular formula is C20H21NO4. The summed E-state index contributed by atoms with van der Waals surface area (Å²) >= 11 is 0. The fourth-order valence-corrected chi connectivity index (χ4v) is 3.72. The molecule has 1 fully saturated rings. The highest BCUT2D eigenvalue weighted by molar-refractivity contribution is 5.89. The molecule has 0 spiro atoms. The molecule has 0 amide bonds. The molecule has 0 aliphatic carbocycles. The molecule has 2 heterocycles. The molecule has 0 unspecified atom stereocenters. The van der Waals surface area contributed by atoms with Gasteiger partial charge in [-0.25, -0.2) is 4.79 Å². The lowest BCUT2D eigenvalue weighted by Crippen LogP contribution is -2.21. The standard InChI is InChI=1S/C20H21NO4/c22-20(23)17-4-2-1-3-16(17)15-7-8-21(13-15)12-14-5-6-18-19(11-14)25-10-9-24-18/h1-6,11,15H,7-10,12-13H2,(H,22,23)/t15-/m1/s1. The summed E-state index contributed by atoms with van der Waals surface area (Å²) in [6.45, 7) is 3.87. The van der Waals surface area contributed by atoms with Crippen molar-refractivity contribution in [3.8, 4) is 11.5 Å². The Morgan fingerprint density at radius 3 is 2.76 bits per heavy atom. The Morgan fingerprint density at radius 1 is 1.12 bits per heavy atom. The van der Waals surface area contributed by atoms with Crippen LogP contribution < -0.4 is 9.47 Å². The maximum Gasteiger partial charge on any atom is 0.335 e. The minimum absolute atomic E-state index is 0.268. The molecule has 0 radical (unpaired) electrons. The first-order chi connectivity index (χ1) is 12.2. The molecule has 25 heavy (non-hydrogen) atoms. The Kier molecular flexibility index (Phi) is 4.32. The maximum atomic E-state index is 11.4. The van der Waals surface area contributed by atoms with Gasteiger partial charge in [-0.1, -0.05) is 24.3 Å². The third-order valence-electron chi connectivity index (χ3n) is 4.92. The largest absolute Gasteiger partial charge is 0.486 e. The molecule has 1 N–H and O–H groups in total. The molecule has 5 heteroatoms. The van der Waals surface area contributed by atoms with Gasteiger partial charge in [0.05, 0.1) is 5.56 Å². The second-order valence-corrected chi connectivity index (χ2v) is 6.59. The van der Waals surface area contributed by atoms with Crippen molar-refractivity contribution in [1.82, 2.24) is 4.90 Å². The van der Waals surface area contributed by atoms with Crippen molar-refractivity contribution < 1.29 is 19.4 Å². The van der Waals surface area contributed by atoms with Crippen LogP contribution in [0.15, 0.2) is 42.5 Å². The van der Waals surface area contributed by atoms with E-state index in [2.05, 4.69) is 11.0 Å². The van der Waals surface area contributed by atoms with Crippen molar-refractivity contribution in [3.05, 3.63) is 59.2 Å². The lowest BCUT2D eigenvalue weighted by atomic mass is 9.93. The molecular weight excluding hydrogens is 318 g/mol. The topological polar surface area (TPSA) is 59.0 Å². The number of aromatic carboxylic acids is 1. The zero-order chi connectivity index (χ0) is 17.2. The Labute approximate surface area is 146 Å². The zero-order valence-electron chi connectivity index (χ0n) is 14.0. The van der Waals surface area contributed by atoms with Crippen molar-refractivity contribution >= 4 is 5.97 Å². The normalized spacial score (nSPS) is 19.8. The van der Waals surface area contributed by atoms with Crippen LogP contribution in [-0.4, -0.2) is 42.3 Å². The number of hydrogen-bond donors (Lipinski definition) is 1. The highest BCUT2D eigenvalue weighted by Crippen LogP contribution is 2.33. The maximum absolute atomic E-state index is 11.4. The monoisotopic (exact) mass is 339 g/mol. The van der Waals surface area contributed by atoms with E-state index in [4.69, 9.17) is 9.47 Å². The van der Waals surface area contributed by atoms with E-state index in [9.17, 15) is 9.90 Å². The molecule has 2 aliphatic heterocycles. The van der Waals surface area contributed by atoms with Gasteiger partial charge < -0.3 is 14.6 Å². The van der Waals surface area contributed by atoms with Crippen LogP contribution in [0, 0.1) is 0 Å². The van der Waals surface area contributed by atoms with Gasteiger partial charge in [0.15, 0.2) is 11.5 Å². The number of ether oxygens (including phenoxy) is 2. The molecule has 130 valence electrons. The van der Waals surface area contributed by atoms with E-state index < -0.39 is 5.97 Å². The quantitative estimate of drug-likeness (QED) is 0.927. The third-order valence-corrected chi connectivity index (χ3v) is 4.92. The van der Waals surface area contributed by atoms with Crippen molar-refractivity contribution in [2.45, 2.75) is 18.9 Å². The summed E-state index contributed by atoms with van der Waals surface area (Å²) < 4.78 is 11.2. The summed E-state index contributed by atoms with van der Waals surface area (Å²) in [5.41, 5.74) is 2.56. The number of hydrogen-bond acceptors (Lipinski definition) is 4. The Hall–Kier alpha value is -2.53. The lowest BCUT2D eigenvalue weighted by Gasteiger charge is -2.21. The average molecular weight is 339 g/mol. The summed E-state index contributed by atoms with van der Waals surface area (Å²) in [5.74, 6) is 1.05. The van der Waals surface area contributed by atoms with Crippen LogP contribution in [0.4, 0.5) is 0 Å². The van der Waals surface area contributed by atoms with Gasteiger partial charge in [-0.15, -0.1) is 0 Å². The second kappa shape index (κ2) is 6.76. The number of carboxylic acid groups (broad SMARTS) is 1. The van der Waals surface area contributed by atoms with Gasteiger partial charge in [-0.2, -0.15) is 0 Å². The van der Waals surface area contributed by atoms with Crippen LogP contribution in [0.1, 0.15) is 33.8 Å². The SMILES string of the molecule is O=C(O)c1ccccc1[C@@H]1CCN(Cc2ccc3c(c2)OCCO3)C1. The average Bonchev–Trinajstić information content (AvgIpc) is 3.10. The van der Waals surface area contributed by atoms with Gasteiger partial charge in [0.1, 0.15) is 13.2 Å². The molecule has 0 aromatic heterocycles. The van der Waals surface area contributed by atoms with Gasteiger partial charge in [-0.05, 0) is 48.2 Å². The second-order valence-electron chi connectivity index (χ2n) is 6.59. The zero-order valence-corrected chi connectivity index (χ0v) is 14.0. The van der Waals surface area contributed by atoms with Crippen LogP contribution in [0.3, 0.4) is 0 Å². The van der Waals surface area contributed by atoms with E-state index in [0.717, 1.165) is 43.1 Å². The van der Waals surface area contributed by atoms with E-state index in [1.807, 2.05) is 24.3 Å². The van der Waals surface area contributed by atoms with Crippen LogP contribution in [0.5, 0.6) is 11.5 Å². The van der Waals surface area contributed by atoms with Crippen LogP contribution in [0.25, 0.3) is 0 Å². The first kappa shape index (κ1) is 16.0. The van der Waals surface area contributed by atoms with Crippen molar-refractivity contribution in [1.29, 1.82) is 0 Å². The highest BCUT2D eigenvalue weighted by Gasteiger charge is 2.27. The third kappa shape index (κ3) is 3.33. The van der Waals surface area contributed by atoms with E-state index >= 15 is 0 Å². The summed E-state index contributed by atoms with van der Waals surface area (Å²) in [4.78, 5) is 13.8. The van der Waals surface area contributed by atoms with Crippen molar-refractivity contribution in [2.24, 2.45) is 0 Å². The summed E-state index contributed by atoms with van der Waals surface area (Å²) in [6.07, 6.45) is 0.981. The van der Waals surface area contributed by atoms with E-state index in [1.54, 1.807) is 12.1 Å². The van der Waals surface area contributed by atoms with Gasteiger partial charge in [0, 0.05) is 13.1 Å². The predicted molar refractivity (Wildman–Crippen MR) is 93.5 cm³/mol. The summed E-state index contributed by atoms with van der Waals surface area (Å²) in [7, 11) is 0. The Bertz CT molecular complexity index is 789. The van der Waals surface area contributed by atoms with E-state index in [-0.39, 0.29) is 5.92 Å². The van der Waals surface area contributed by atoms with Crippen molar-refractivity contribution in [3.63, 3.8) is 0 Å². The molecule has 2 aromatic rings. The number of fused-ring (bicyclic) bond motifs is 1. The van der Waals surface area contributed by atoms with Crippen LogP contribution >= 0.6 is 0 Å². The van der Waals surface area contributed by atoms with Crippen LogP contribution in [-0.2, 0) is 6.54 Å². The Morgan fingerprint density at radius 2 is 1.92 bits per heavy atom. The first-order valence-corrected chi connectivity index (χ1v) is 8.64. The fraction of sp³-hybridized carbons (Fsp3) is 0.350. The van der Waals surface area contributed by atoms with E-state index in [1.165, 1.54) is 5.56 Å². The molecule has 2 aliphatic rings. The number of carboxylic acids is 1. The molecule has 0 bridgehead atoms. The van der Waals surface area contributed by atoms with Crippen molar-refractivity contribution in [2.75, 3.05) is 26.3 Å². The Balaban J connectivity index is 1.46. The molecule has 2 aromatic carbocycles. The molecule has 1 saturated heterocycles. The summed E-state index contributed by atoms with van der Waals surface area (Å²) in [5, 5.41) is 9.40. The molecule has 1 atom stereocenters. The predicted octanol–water partition coefficient (Wildman–Crippen LogP) is 3.15. The molecule has 4 rings (SSSR count). The number of nitrogens with zero attached hydrogens (tertiary/aromatic N) is 1. The minimum Gasteiger partial charge on any atom is -0.486 e. The minimum atomic E-state index is -0.846. The van der Waals surface area contributed by atoms with Gasteiger partial charge in [-0.3, -0.25) is 4.90 Å². The first-order valence-electron chi connectivity index (χ1n) is 8.64. The number of carbonyl (C=O) groups is 1. The molecule has 0 saturated carbocycles. The summed E-state index contributed by atoms with van der Waals surface area (Å²) in [6, 6.07) is 13.4.